The Hall–Kier alpha value is -6.00. The molecule has 336 valence electrons. The van der Waals surface area contributed by atoms with E-state index in [4.69, 9.17) is 11.5 Å². The van der Waals surface area contributed by atoms with Gasteiger partial charge in [-0.3, -0.25) is 38.6 Å². The summed E-state index contributed by atoms with van der Waals surface area (Å²) in [6.07, 6.45) is 7.23. The fraction of sp³-hybridized carbons (Fsp3) is 0.556. The predicted octanol–water partition coefficient (Wildman–Crippen LogP) is 0.841. The fourth-order valence-electron chi connectivity index (χ4n) is 8.61. The maximum Gasteiger partial charge on any atom is 0.245 e. The van der Waals surface area contributed by atoms with Crippen molar-refractivity contribution >= 4 is 47.3 Å². The number of fused-ring (bicyclic) bond motifs is 1. The van der Waals surface area contributed by atoms with E-state index in [1.807, 2.05) is 60.7 Å². The first-order valence-corrected chi connectivity index (χ1v) is 22.1. The number of guanidine groups is 1. The number of rotatable bonds is 13. The van der Waals surface area contributed by atoms with Crippen molar-refractivity contribution in [3.8, 4) is 0 Å². The lowest BCUT2D eigenvalue weighted by Crippen LogP contribution is -2.60. The number of hydrogen-bond acceptors (Lipinski definition) is 8. The van der Waals surface area contributed by atoms with Crippen LogP contribution in [-0.2, 0) is 46.4 Å². The van der Waals surface area contributed by atoms with E-state index in [9.17, 15) is 33.6 Å². The quantitative estimate of drug-likeness (QED) is 0.0806. The zero-order valence-corrected chi connectivity index (χ0v) is 35.7. The second-order valence-corrected chi connectivity index (χ2v) is 16.7. The molecule has 17 heteroatoms. The molecule has 2 saturated heterocycles. The lowest BCUT2D eigenvalue weighted by atomic mass is 9.84. The summed E-state index contributed by atoms with van der Waals surface area (Å²) < 4.78 is 0. The van der Waals surface area contributed by atoms with Crippen molar-refractivity contribution in [3.05, 3.63) is 71.8 Å². The van der Waals surface area contributed by atoms with E-state index >= 15 is 0 Å². The summed E-state index contributed by atoms with van der Waals surface area (Å²) in [5.41, 5.74) is 12.6. The van der Waals surface area contributed by atoms with Gasteiger partial charge in [-0.15, -0.1) is 0 Å². The van der Waals surface area contributed by atoms with E-state index in [1.165, 1.54) is 11.8 Å². The van der Waals surface area contributed by atoms with Gasteiger partial charge in [0.05, 0.1) is 0 Å². The number of nitrogens with zero attached hydrogens (tertiary/aromatic N) is 2. The summed E-state index contributed by atoms with van der Waals surface area (Å²) >= 11 is 0. The van der Waals surface area contributed by atoms with Gasteiger partial charge in [-0.1, -0.05) is 92.8 Å². The van der Waals surface area contributed by atoms with Gasteiger partial charge in [0.1, 0.15) is 36.3 Å². The molecule has 2 aliphatic heterocycles. The van der Waals surface area contributed by atoms with Crippen LogP contribution in [0.3, 0.4) is 0 Å². The van der Waals surface area contributed by atoms with Crippen LogP contribution in [0.2, 0.25) is 0 Å². The highest BCUT2D eigenvalue weighted by atomic mass is 16.2. The molecule has 2 aromatic rings. The zero-order chi connectivity index (χ0) is 44.4. The summed E-state index contributed by atoms with van der Waals surface area (Å²) in [5, 5.41) is 17.2. The standard InChI is InChI=1S/C45H64N10O7/c1-29(56)50-35(26-30-14-5-2-6-15-30)40(58)52-34-21-12-23-48-39(57)33(20-11-24-49-45(46)47)51-41(59)36(27-31-16-7-3-8-17-31)53-42(60)37(28-32-18-9-4-10-19-32)54-43(61)38-22-13-25-55(38)44(34)62/h2-3,5-8,14-17,32-38H,4,9-13,18-28H2,1H3,(H,48,57)(H,50,56)(H,51,59)(H,52,58)(H,53,60)(H,54,61)(H4,46,47,49)/t33-,34-,35-,36+,37-,38-/m0/s1. The monoisotopic (exact) mass is 856 g/mol. The molecular weight excluding hydrogens is 793 g/mol. The molecular formula is C45H64N10O7. The van der Waals surface area contributed by atoms with Gasteiger partial charge in [0.2, 0.25) is 41.4 Å². The molecule has 0 bridgehead atoms. The molecule has 7 amide bonds. The Balaban J connectivity index is 1.46. The number of nitrogens with one attached hydrogen (secondary N) is 6. The van der Waals surface area contributed by atoms with Gasteiger partial charge in [-0.25, -0.2) is 0 Å². The first kappa shape index (κ1) is 47.1. The Morgan fingerprint density at radius 2 is 1.40 bits per heavy atom. The van der Waals surface area contributed by atoms with Crippen molar-refractivity contribution in [2.75, 3.05) is 19.6 Å². The lowest BCUT2D eigenvalue weighted by molar-refractivity contribution is -0.142. The largest absolute Gasteiger partial charge is 0.370 e. The summed E-state index contributed by atoms with van der Waals surface area (Å²) in [4.78, 5) is 103. The van der Waals surface area contributed by atoms with E-state index in [1.54, 1.807) is 0 Å². The molecule has 6 atom stereocenters. The van der Waals surface area contributed by atoms with Crippen molar-refractivity contribution in [3.63, 3.8) is 0 Å². The van der Waals surface area contributed by atoms with Crippen LogP contribution in [0.15, 0.2) is 65.7 Å². The highest BCUT2D eigenvalue weighted by Crippen LogP contribution is 2.28. The fourth-order valence-corrected chi connectivity index (χ4v) is 8.61. The molecule has 62 heavy (non-hydrogen) atoms. The Bertz CT molecular complexity index is 1870. The average Bonchev–Trinajstić information content (AvgIpc) is 3.76. The van der Waals surface area contributed by atoms with E-state index in [2.05, 4.69) is 36.9 Å². The molecule has 0 unspecified atom stereocenters. The van der Waals surface area contributed by atoms with Gasteiger partial charge in [0, 0.05) is 39.4 Å². The van der Waals surface area contributed by atoms with Crippen molar-refractivity contribution in [2.45, 2.75) is 133 Å². The molecule has 5 rings (SSSR count). The van der Waals surface area contributed by atoms with Crippen LogP contribution in [-0.4, -0.2) is 108 Å². The molecule has 0 radical (unpaired) electrons. The van der Waals surface area contributed by atoms with Crippen molar-refractivity contribution in [1.82, 2.24) is 36.8 Å². The lowest BCUT2D eigenvalue weighted by Gasteiger charge is -2.32. The SMILES string of the molecule is CC(=O)N[C@@H](Cc1ccccc1)C(=O)N[C@H]1CCCNC(=O)[C@H](CCCN=C(N)N)NC(=O)[C@@H](Cc2ccccc2)NC(=O)[C@H](CC2CCCCC2)NC(=O)[C@@H]2CCCN2C1=O. The molecule has 10 N–H and O–H groups in total. The third kappa shape index (κ3) is 14.6. The molecule has 1 aliphatic carbocycles. The maximum absolute atomic E-state index is 14.5. The van der Waals surface area contributed by atoms with Crippen LogP contribution in [0.25, 0.3) is 0 Å². The van der Waals surface area contributed by atoms with Crippen molar-refractivity contribution < 1.29 is 33.6 Å². The minimum Gasteiger partial charge on any atom is -0.370 e. The second-order valence-electron chi connectivity index (χ2n) is 16.7. The Kier molecular flexibility index (Phi) is 18.1. The van der Waals surface area contributed by atoms with Crippen molar-refractivity contribution in [1.29, 1.82) is 0 Å². The van der Waals surface area contributed by atoms with Crippen LogP contribution >= 0.6 is 0 Å². The molecule has 3 aliphatic rings. The Morgan fingerprint density at radius 3 is 2.08 bits per heavy atom. The highest BCUT2D eigenvalue weighted by Gasteiger charge is 2.40. The van der Waals surface area contributed by atoms with E-state index in [0.29, 0.717) is 25.7 Å². The second kappa shape index (κ2) is 23.9. The maximum atomic E-state index is 14.5. The highest BCUT2D eigenvalue weighted by molar-refractivity contribution is 5.97. The molecule has 1 saturated carbocycles. The van der Waals surface area contributed by atoms with Crippen LogP contribution in [0.5, 0.6) is 0 Å². The van der Waals surface area contributed by atoms with Crippen LogP contribution in [0, 0.1) is 5.92 Å². The average molecular weight is 857 g/mol. The van der Waals surface area contributed by atoms with Gasteiger partial charge in [0.25, 0.3) is 0 Å². The number of benzene rings is 2. The van der Waals surface area contributed by atoms with Crippen molar-refractivity contribution in [2.24, 2.45) is 22.4 Å². The number of carbonyl (C=O) groups is 7. The van der Waals surface area contributed by atoms with Gasteiger partial charge in [-0.2, -0.15) is 0 Å². The van der Waals surface area contributed by atoms with Crippen LogP contribution in [0.1, 0.15) is 95.1 Å². The van der Waals surface area contributed by atoms with Gasteiger partial charge >= 0.3 is 0 Å². The smallest absolute Gasteiger partial charge is 0.245 e. The number of hydrogen-bond donors (Lipinski definition) is 8. The number of amides is 7. The van der Waals surface area contributed by atoms with E-state index < -0.39 is 77.6 Å². The summed E-state index contributed by atoms with van der Waals surface area (Å²) in [6, 6.07) is 12.2. The van der Waals surface area contributed by atoms with Crippen LogP contribution < -0.4 is 43.4 Å². The summed E-state index contributed by atoms with van der Waals surface area (Å²) in [6.45, 7) is 1.85. The normalized spacial score (nSPS) is 23.9. The zero-order valence-electron chi connectivity index (χ0n) is 35.7. The third-order valence-corrected chi connectivity index (χ3v) is 11.8. The molecule has 0 spiro atoms. The molecule has 0 aromatic heterocycles. The first-order chi connectivity index (χ1) is 29.9. The predicted molar refractivity (Wildman–Crippen MR) is 234 cm³/mol. The number of aliphatic imine (C=N–C) groups is 1. The van der Waals surface area contributed by atoms with Gasteiger partial charge < -0.3 is 48.3 Å². The number of carbonyl (C=O) groups excluding carboxylic acids is 7. The molecule has 2 heterocycles. The summed E-state index contributed by atoms with van der Waals surface area (Å²) in [7, 11) is 0. The topological polar surface area (TPSA) is 259 Å². The number of nitrogens with two attached hydrogens (primary N) is 2. The molecule has 17 nitrogen and oxygen atoms in total. The molecule has 2 aromatic carbocycles. The molecule has 3 fully saturated rings. The summed E-state index contributed by atoms with van der Waals surface area (Å²) in [5.74, 6) is -3.53. The Labute approximate surface area is 363 Å². The minimum atomic E-state index is -1.12. The third-order valence-electron chi connectivity index (χ3n) is 11.8. The minimum absolute atomic E-state index is 0.0782. The van der Waals surface area contributed by atoms with Crippen LogP contribution in [0.4, 0.5) is 0 Å². The first-order valence-electron chi connectivity index (χ1n) is 22.1. The van der Waals surface area contributed by atoms with E-state index in [0.717, 1.165) is 43.2 Å². The van der Waals surface area contributed by atoms with Gasteiger partial charge in [0.15, 0.2) is 5.96 Å². The van der Waals surface area contributed by atoms with Gasteiger partial charge in [-0.05, 0) is 62.0 Å². The van der Waals surface area contributed by atoms with E-state index in [-0.39, 0.29) is 63.6 Å². The Morgan fingerprint density at radius 1 is 0.758 bits per heavy atom.